The summed E-state index contributed by atoms with van der Waals surface area (Å²) in [5.41, 5.74) is 0. The molecule has 5 atom stereocenters. The number of hydrogen-bond donors (Lipinski definition) is 1. The van der Waals surface area contributed by atoms with Gasteiger partial charge in [-0.1, -0.05) is 20.3 Å². The molecule has 0 spiro atoms. The van der Waals surface area contributed by atoms with Crippen LogP contribution in [-0.2, 0) is 0 Å². The van der Waals surface area contributed by atoms with Gasteiger partial charge in [-0.3, -0.25) is 0 Å². The van der Waals surface area contributed by atoms with Crippen molar-refractivity contribution in [3.8, 4) is 0 Å². The fourth-order valence-corrected chi connectivity index (χ4v) is 4.93. The first kappa shape index (κ1) is 10.1. The highest BCUT2D eigenvalue weighted by Gasteiger charge is 2.66. The van der Waals surface area contributed by atoms with Gasteiger partial charge in [-0.05, 0) is 61.8 Å². The Morgan fingerprint density at radius 2 is 1.80 bits per heavy atom. The largest absolute Gasteiger partial charge is 0.314 e. The molecule has 0 amide bonds. The van der Waals surface area contributed by atoms with Crippen molar-refractivity contribution < 1.29 is 0 Å². The van der Waals surface area contributed by atoms with Gasteiger partial charge in [-0.25, -0.2) is 0 Å². The van der Waals surface area contributed by atoms with Gasteiger partial charge in [0.25, 0.3) is 0 Å². The standard InChI is InChI=1S/C14H25N/c1-3-5-11(15-4-2)14-12-9-6-7-10(8-9)13(12)14/h9-15H,3-8H2,1-2H3. The summed E-state index contributed by atoms with van der Waals surface area (Å²) in [6.07, 6.45) is 7.48. The van der Waals surface area contributed by atoms with Crippen LogP contribution in [0.3, 0.4) is 0 Å². The summed E-state index contributed by atoms with van der Waals surface area (Å²) in [5, 5.41) is 3.74. The van der Waals surface area contributed by atoms with Gasteiger partial charge in [-0.15, -0.1) is 0 Å². The van der Waals surface area contributed by atoms with Gasteiger partial charge in [0.05, 0.1) is 0 Å². The summed E-state index contributed by atoms with van der Waals surface area (Å²) in [4.78, 5) is 0. The lowest BCUT2D eigenvalue weighted by atomic mass is 9.95. The maximum absolute atomic E-state index is 3.74. The second-order valence-corrected chi connectivity index (χ2v) is 6.02. The summed E-state index contributed by atoms with van der Waals surface area (Å²) in [6.45, 7) is 5.75. The molecule has 1 heteroatoms. The van der Waals surface area contributed by atoms with Crippen molar-refractivity contribution in [2.45, 2.75) is 52.0 Å². The van der Waals surface area contributed by atoms with E-state index in [1.54, 1.807) is 19.3 Å². The molecule has 0 aromatic rings. The van der Waals surface area contributed by atoms with Crippen LogP contribution in [0.4, 0.5) is 0 Å². The Kier molecular flexibility index (Phi) is 2.54. The summed E-state index contributed by atoms with van der Waals surface area (Å²) in [5.74, 6) is 5.67. The third-order valence-corrected chi connectivity index (χ3v) is 5.33. The summed E-state index contributed by atoms with van der Waals surface area (Å²) < 4.78 is 0. The summed E-state index contributed by atoms with van der Waals surface area (Å²) >= 11 is 0. The Balaban J connectivity index is 1.64. The van der Waals surface area contributed by atoms with Crippen LogP contribution in [-0.4, -0.2) is 12.6 Å². The van der Waals surface area contributed by atoms with Crippen LogP contribution >= 0.6 is 0 Å². The van der Waals surface area contributed by atoms with Gasteiger partial charge in [0.1, 0.15) is 0 Å². The second kappa shape index (κ2) is 3.76. The maximum Gasteiger partial charge on any atom is 0.0101 e. The first-order valence-corrected chi connectivity index (χ1v) is 7.10. The molecule has 5 unspecified atom stereocenters. The lowest BCUT2D eigenvalue weighted by molar-refractivity contribution is 0.351. The van der Waals surface area contributed by atoms with E-state index in [9.17, 15) is 0 Å². The van der Waals surface area contributed by atoms with E-state index in [4.69, 9.17) is 0 Å². The quantitative estimate of drug-likeness (QED) is 0.730. The SMILES string of the molecule is CCCC(NCC)C1C2C3CCC(C3)C21. The fraction of sp³-hybridized carbons (Fsp3) is 1.00. The van der Waals surface area contributed by atoms with Crippen LogP contribution in [0.1, 0.15) is 46.0 Å². The lowest BCUT2D eigenvalue weighted by Gasteiger charge is -2.20. The Bertz CT molecular complexity index is 215. The normalized spacial score (nSPS) is 48.0. The molecular formula is C14H25N. The third-order valence-electron chi connectivity index (χ3n) is 5.33. The van der Waals surface area contributed by atoms with E-state index in [-0.39, 0.29) is 0 Å². The van der Waals surface area contributed by atoms with Crippen LogP contribution < -0.4 is 5.32 Å². The minimum absolute atomic E-state index is 0.860. The molecule has 0 heterocycles. The average Bonchev–Trinajstić information content (AvgIpc) is 2.66. The van der Waals surface area contributed by atoms with Crippen LogP contribution in [0, 0.1) is 29.6 Å². The van der Waals surface area contributed by atoms with Crippen molar-refractivity contribution in [3.63, 3.8) is 0 Å². The predicted molar refractivity (Wildman–Crippen MR) is 63.7 cm³/mol. The molecule has 15 heavy (non-hydrogen) atoms. The van der Waals surface area contributed by atoms with E-state index in [2.05, 4.69) is 19.2 Å². The molecule has 86 valence electrons. The molecule has 2 bridgehead atoms. The zero-order valence-electron chi connectivity index (χ0n) is 10.2. The van der Waals surface area contributed by atoms with Crippen LogP contribution in [0.5, 0.6) is 0 Å². The summed E-state index contributed by atoms with van der Waals surface area (Å²) in [7, 11) is 0. The maximum atomic E-state index is 3.74. The van der Waals surface area contributed by atoms with E-state index < -0.39 is 0 Å². The first-order valence-electron chi connectivity index (χ1n) is 7.10. The van der Waals surface area contributed by atoms with E-state index in [1.807, 2.05) is 0 Å². The second-order valence-electron chi connectivity index (χ2n) is 6.02. The molecule has 3 aliphatic rings. The van der Waals surface area contributed by atoms with Crippen LogP contribution in [0.15, 0.2) is 0 Å². The number of fused-ring (bicyclic) bond motifs is 5. The number of hydrogen-bond acceptors (Lipinski definition) is 1. The molecule has 0 saturated heterocycles. The Labute approximate surface area is 94.0 Å². The molecule has 1 nitrogen and oxygen atoms in total. The zero-order chi connectivity index (χ0) is 10.4. The van der Waals surface area contributed by atoms with Crippen LogP contribution in [0.25, 0.3) is 0 Å². The number of nitrogens with one attached hydrogen (secondary N) is 1. The molecule has 3 aliphatic carbocycles. The molecule has 3 saturated carbocycles. The Morgan fingerprint density at radius 1 is 1.13 bits per heavy atom. The van der Waals surface area contributed by atoms with Crippen molar-refractivity contribution in [2.24, 2.45) is 29.6 Å². The molecule has 1 N–H and O–H groups in total. The average molecular weight is 207 g/mol. The first-order chi connectivity index (χ1) is 7.36. The fourth-order valence-electron chi connectivity index (χ4n) is 4.93. The van der Waals surface area contributed by atoms with E-state index in [1.165, 1.54) is 12.8 Å². The van der Waals surface area contributed by atoms with Gasteiger partial charge in [0.15, 0.2) is 0 Å². The molecule has 0 aromatic carbocycles. The van der Waals surface area contributed by atoms with Crippen molar-refractivity contribution in [3.05, 3.63) is 0 Å². The topological polar surface area (TPSA) is 12.0 Å². The minimum atomic E-state index is 0.860. The highest BCUT2D eigenvalue weighted by molar-refractivity contribution is 5.15. The van der Waals surface area contributed by atoms with Crippen molar-refractivity contribution >= 4 is 0 Å². The van der Waals surface area contributed by atoms with Gasteiger partial charge in [0, 0.05) is 6.04 Å². The third kappa shape index (κ3) is 1.46. The van der Waals surface area contributed by atoms with Crippen molar-refractivity contribution in [1.29, 1.82) is 0 Å². The smallest absolute Gasteiger partial charge is 0.0101 e. The zero-order valence-corrected chi connectivity index (χ0v) is 10.2. The molecule has 3 rings (SSSR count). The van der Waals surface area contributed by atoms with E-state index in [0.717, 1.165) is 42.2 Å². The van der Waals surface area contributed by atoms with Crippen molar-refractivity contribution in [2.75, 3.05) is 6.54 Å². The highest BCUT2D eigenvalue weighted by atomic mass is 14.9. The lowest BCUT2D eigenvalue weighted by Crippen LogP contribution is -2.33. The monoisotopic (exact) mass is 207 g/mol. The summed E-state index contributed by atoms with van der Waals surface area (Å²) in [6, 6.07) is 0.860. The molecule has 0 radical (unpaired) electrons. The Morgan fingerprint density at radius 3 is 2.33 bits per heavy atom. The molecule has 0 aliphatic heterocycles. The van der Waals surface area contributed by atoms with Crippen molar-refractivity contribution in [1.82, 2.24) is 5.32 Å². The predicted octanol–water partition coefficient (Wildman–Crippen LogP) is 3.06. The van der Waals surface area contributed by atoms with Gasteiger partial charge in [-0.2, -0.15) is 0 Å². The van der Waals surface area contributed by atoms with Gasteiger partial charge in [0.2, 0.25) is 0 Å². The van der Waals surface area contributed by atoms with Gasteiger partial charge >= 0.3 is 0 Å². The molecule has 0 aromatic heterocycles. The highest BCUT2D eigenvalue weighted by Crippen LogP contribution is 2.70. The van der Waals surface area contributed by atoms with Crippen LogP contribution in [0.2, 0.25) is 0 Å². The molecular weight excluding hydrogens is 182 g/mol. The minimum Gasteiger partial charge on any atom is -0.314 e. The van der Waals surface area contributed by atoms with Gasteiger partial charge < -0.3 is 5.32 Å². The van der Waals surface area contributed by atoms with E-state index >= 15 is 0 Å². The number of rotatable bonds is 5. The molecule has 3 fully saturated rings. The van der Waals surface area contributed by atoms with E-state index in [0.29, 0.717) is 0 Å². The Hall–Kier alpha value is -0.0400.